The number of amides is 1. The maximum Gasteiger partial charge on any atom is 0.258 e. The molecule has 6 nitrogen and oxygen atoms in total. The molecule has 2 heterocycles. The van der Waals surface area contributed by atoms with E-state index < -0.39 is 0 Å². The number of quaternary nitrogens is 1. The fraction of sp³-hybridized carbons (Fsp3) is 0.217. The van der Waals surface area contributed by atoms with Crippen molar-refractivity contribution in [2.45, 2.75) is 0 Å². The highest BCUT2D eigenvalue weighted by Gasteiger charge is 2.17. The minimum Gasteiger partial charge on any atom is -0.335 e. The number of carbonyl (C=O) groups is 1. The minimum atomic E-state index is -0.299. The molecule has 0 saturated carbocycles. The Balaban J connectivity index is 1.57. The van der Waals surface area contributed by atoms with Crippen molar-refractivity contribution in [3.63, 3.8) is 0 Å². The minimum absolute atomic E-state index is 0.174. The number of benzene rings is 2. The Labute approximate surface area is 175 Å². The third kappa shape index (κ3) is 4.82. The number of carbonyl (C=O) groups excluding carboxylic acids is 1. The predicted octanol–water partition coefficient (Wildman–Crippen LogP) is 1.55. The zero-order chi connectivity index (χ0) is 20.9. The second-order valence-electron chi connectivity index (χ2n) is 7.47. The molecular formula is C23H25FN5O+. The summed E-state index contributed by atoms with van der Waals surface area (Å²) in [5, 5.41) is 6.63. The summed E-state index contributed by atoms with van der Waals surface area (Å²) < 4.78 is 15.1. The summed E-state index contributed by atoms with van der Waals surface area (Å²) in [7, 11) is 2.15. The first kappa shape index (κ1) is 20.0. The molecule has 0 unspecified atom stereocenters. The fourth-order valence-electron chi connectivity index (χ4n) is 3.41. The first-order chi connectivity index (χ1) is 14.6. The molecule has 7 heteroatoms. The molecule has 4 rings (SSSR count). The molecule has 154 valence electrons. The zero-order valence-electron chi connectivity index (χ0n) is 16.9. The van der Waals surface area contributed by atoms with Crippen LogP contribution in [0.4, 0.5) is 4.39 Å². The molecule has 1 aromatic heterocycles. The van der Waals surface area contributed by atoms with Crippen molar-refractivity contribution in [1.82, 2.24) is 20.2 Å². The van der Waals surface area contributed by atoms with E-state index >= 15 is 0 Å². The Bertz CT molecular complexity index is 1020. The van der Waals surface area contributed by atoms with Gasteiger partial charge < -0.3 is 4.90 Å². The van der Waals surface area contributed by atoms with Gasteiger partial charge in [0.1, 0.15) is 5.82 Å². The molecule has 0 atom stereocenters. The van der Waals surface area contributed by atoms with Crippen LogP contribution in [0, 0.1) is 5.82 Å². The fourth-order valence-corrected chi connectivity index (χ4v) is 3.41. The molecule has 0 radical (unpaired) electrons. The molecule has 0 spiro atoms. The van der Waals surface area contributed by atoms with Gasteiger partial charge in [0.2, 0.25) is 0 Å². The van der Waals surface area contributed by atoms with Crippen molar-refractivity contribution in [2.24, 2.45) is 0 Å². The van der Waals surface area contributed by atoms with E-state index in [9.17, 15) is 9.18 Å². The van der Waals surface area contributed by atoms with Crippen molar-refractivity contribution in [2.75, 3.05) is 33.2 Å². The molecule has 2 aromatic carbocycles. The SMILES string of the molecule is C[NH+]1CCN(NC(=O)/C=C/c2cn(-c3ccccc3)nc2-c2ccc(F)cc2)CC1. The maximum absolute atomic E-state index is 13.4. The first-order valence-corrected chi connectivity index (χ1v) is 10.0. The van der Waals surface area contributed by atoms with E-state index in [0.29, 0.717) is 5.69 Å². The van der Waals surface area contributed by atoms with Crippen molar-refractivity contribution in [3.05, 3.63) is 78.3 Å². The maximum atomic E-state index is 13.4. The van der Waals surface area contributed by atoms with Crippen LogP contribution in [0.3, 0.4) is 0 Å². The summed E-state index contributed by atoms with van der Waals surface area (Å²) in [5.41, 5.74) is 6.09. The van der Waals surface area contributed by atoms with Crippen molar-refractivity contribution >= 4 is 12.0 Å². The molecule has 1 saturated heterocycles. The van der Waals surface area contributed by atoms with Crippen molar-refractivity contribution < 1.29 is 14.1 Å². The van der Waals surface area contributed by atoms with Crippen LogP contribution in [0.1, 0.15) is 5.56 Å². The van der Waals surface area contributed by atoms with Gasteiger partial charge in [-0.3, -0.25) is 10.2 Å². The Morgan fingerprint density at radius 2 is 1.80 bits per heavy atom. The summed E-state index contributed by atoms with van der Waals surface area (Å²) >= 11 is 0. The lowest BCUT2D eigenvalue weighted by atomic mass is 10.1. The molecule has 3 aromatic rings. The van der Waals surface area contributed by atoms with Gasteiger partial charge in [-0.2, -0.15) is 5.10 Å². The number of halogens is 1. The largest absolute Gasteiger partial charge is 0.335 e. The molecule has 1 fully saturated rings. The molecule has 1 aliphatic heterocycles. The van der Waals surface area contributed by atoms with Gasteiger partial charge in [-0.05, 0) is 42.5 Å². The van der Waals surface area contributed by atoms with Gasteiger partial charge in [0, 0.05) is 23.4 Å². The number of hydrogen-bond acceptors (Lipinski definition) is 3. The van der Waals surface area contributed by atoms with Crippen LogP contribution >= 0.6 is 0 Å². The van der Waals surface area contributed by atoms with Crippen LogP contribution in [0.5, 0.6) is 0 Å². The standard InChI is InChI=1S/C23H24FN5O/c1-27-13-15-28(16-14-27)25-22(30)12-9-19-17-29(21-5-3-2-4-6-21)26-23(19)18-7-10-20(24)11-8-18/h2-12,17H,13-16H2,1H3,(H,25,30)/p+1/b12-9+. The number of nitrogens with zero attached hydrogens (tertiary/aromatic N) is 3. The van der Waals surface area contributed by atoms with Crippen LogP contribution < -0.4 is 10.3 Å². The molecule has 0 bridgehead atoms. The van der Waals surface area contributed by atoms with E-state index in [-0.39, 0.29) is 11.7 Å². The third-order valence-electron chi connectivity index (χ3n) is 5.18. The Kier molecular flexibility index (Phi) is 6.02. The smallest absolute Gasteiger partial charge is 0.258 e. The highest BCUT2D eigenvalue weighted by Crippen LogP contribution is 2.25. The van der Waals surface area contributed by atoms with Gasteiger partial charge in [-0.15, -0.1) is 0 Å². The van der Waals surface area contributed by atoms with E-state index in [2.05, 4.69) is 17.6 Å². The number of para-hydroxylation sites is 1. The van der Waals surface area contributed by atoms with Crippen LogP contribution in [-0.2, 0) is 4.79 Å². The normalized spacial score (nSPS) is 15.5. The predicted molar refractivity (Wildman–Crippen MR) is 114 cm³/mol. The van der Waals surface area contributed by atoms with E-state index in [0.717, 1.165) is 43.0 Å². The Hall–Kier alpha value is -3.29. The number of piperazine rings is 1. The average Bonchev–Trinajstić information content (AvgIpc) is 3.19. The van der Waals surface area contributed by atoms with E-state index in [1.165, 1.54) is 23.1 Å². The van der Waals surface area contributed by atoms with Gasteiger partial charge in [0.05, 0.1) is 44.6 Å². The first-order valence-electron chi connectivity index (χ1n) is 10.0. The summed E-state index contributed by atoms with van der Waals surface area (Å²) in [4.78, 5) is 13.9. The molecule has 1 amide bonds. The lowest BCUT2D eigenvalue weighted by molar-refractivity contribution is -0.884. The van der Waals surface area contributed by atoms with Crippen molar-refractivity contribution in [1.29, 1.82) is 0 Å². The average molecular weight is 406 g/mol. The van der Waals surface area contributed by atoms with E-state index in [4.69, 9.17) is 0 Å². The molecule has 2 N–H and O–H groups in total. The molecule has 30 heavy (non-hydrogen) atoms. The van der Waals surface area contributed by atoms with Gasteiger partial charge in [0.15, 0.2) is 0 Å². The molecular weight excluding hydrogens is 381 g/mol. The number of nitrogens with one attached hydrogen (secondary N) is 2. The Morgan fingerprint density at radius 1 is 1.10 bits per heavy atom. The number of aromatic nitrogens is 2. The lowest BCUT2D eigenvalue weighted by Gasteiger charge is -2.29. The van der Waals surface area contributed by atoms with Crippen LogP contribution in [0.15, 0.2) is 66.9 Å². The van der Waals surface area contributed by atoms with Crippen LogP contribution in [0.2, 0.25) is 0 Å². The summed E-state index contributed by atoms with van der Waals surface area (Å²) in [6, 6.07) is 15.9. The summed E-state index contributed by atoms with van der Waals surface area (Å²) in [6.07, 6.45) is 5.14. The summed E-state index contributed by atoms with van der Waals surface area (Å²) in [6.45, 7) is 3.67. The second-order valence-corrected chi connectivity index (χ2v) is 7.47. The summed E-state index contributed by atoms with van der Waals surface area (Å²) in [5.74, 6) is -0.473. The van der Waals surface area contributed by atoms with Crippen LogP contribution in [-0.4, -0.2) is 53.9 Å². The zero-order valence-corrected chi connectivity index (χ0v) is 16.9. The molecule has 0 aliphatic carbocycles. The van der Waals surface area contributed by atoms with E-state index in [1.807, 2.05) is 41.5 Å². The third-order valence-corrected chi connectivity index (χ3v) is 5.18. The van der Waals surface area contributed by atoms with Gasteiger partial charge in [-0.25, -0.2) is 14.1 Å². The van der Waals surface area contributed by atoms with E-state index in [1.54, 1.807) is 22.9 Å². The van der Waals surface area contributed by atoms with Crippen molar-refractivity contribution in [3.8, 4) is 16.9 Å². The highest BCUT2D eigenvalue weighted by molar-refractivity contribution is 5.92. The second kappa shape index (κ2) is 9.02. The monoisotopic (exact) mass is 406 g/mol. The lowest BCUT2D eigenvalue weighted by Crippen LogP contribution is -3.12. The number of hydrazine groups is 1. The Morgan fingerprint density at radius 3 is 2.50 bits per heavy atom. The molecule has 1 aliphatic rings. The van der Waals surface area contributed by atoms with Crippen LogP contribution in [0.25, 0.3) is 23.0 Å². The highest BCUT2D eigenvalue weighted by atomic mass is 19.1. The number of hydrogen-bond donors (Lipinski definition) is 2. The van der Waals surface area contributed by atoms with Gasteiger partial charge in [0.25, 0.3) is 5.91 Å². The topological polar surface area (TPSA) is 54.6 Å². The van der Waals surface area contributed by atoms with Gasteiger partial charge in [-0.1, -0.05) is 18.2 Å². The van der Waals surface area contributed by atoms with Gasteiger partial charge >= 0.3 is 0 Å². The number of likely N-dealkylation sites (N-methyl/N-ethyl adjacent to an activating group) is 1. The quantitative estimate of drug-likeness (QED) is 0.633. The number of rotatable bonds is 5.